The molecular formula is C25H22F3N5O2. The van der Waals surface area contributed by atoms with Crippen molar-refractivity contribution in [2.45, 2.75) is 18.8 Å². The minimum Gasteiger partial charge on any atom is -0.457 e. The van der Waals surface area contributed by atoms with Crippen LogP contribution < -0.4 is 15.4 Å². The van der Waals surface area contributed by atoms with E-state index >= 15 is 0 Å². The van der Waals surface area contributed by atoms with Gasteiger partial charge in [-0.25, -0.2) is 14.4 Å². The van der Waals surface area contributed by atoms with E-state index in [4.69, 9.17) is 4.74 Å². The molecule has 4 aromatic rings. The highest BCUT2D eigenvalue weighted by molar-refractivity contribution is 5.93. The summed E-state index contributed by atoms with van der Waals surface area (Å²) in [5.74, 6) is -1.47. The highest BCUT2D eigenvalue weighted by Gasteiger charge is 2.31. The summed E-state index contributed by atoms with van der Waals surface area (Å²) in [5, 5.41) is 5.89. The van der Waals surface area contributed by atoms with E-state index in [1.165, 1.54) is 24.3 Å². The first-order valence-electron chi connectivity index (χ1n) is 11.0. The van der Waals surface area contributed by atoms with Crippen molar-refractivity contribution in [2.75, 3.05) is 17.3 Å². The number of hydrogen-bond acceptors (Lipinski definition) is 5. The smallest absolute Gasteiger partial charge is 0.301 e. The van der Waals surface area contributed by atoms with Crippen LogP contribution in [-0.2, 0) is 17.8 Å². The van der Waals surface area contributed by atoms with Crippen molar-refractivity contribution in [1.29, 1.82) is 0 Å². The Bertz CT molecular complexity index is 1380. The summed E-state index contributed by atoms with van der Waals surface area (Å²) in [4.78, 5) is 20.7. The minimum absolute atomic E-state index is 0.0321. The number of benzene rings is 2. The molecule has 5 rings (SSSR count). The third-order valence-electron chi connectivity index (χ3n) is 5.75. The summed E-state index contributed by atoms with van der Waals surface area (Å²) in [6.07, 6.45) is 3.38. The highest BCUT2D eigenvalue weighted by atomic mass is 19.3. The van der Waals surface area contributed by atoms with Crippen molar-refractivity contribution in [1.82, 2.24) is 14.5 Å². The number of nitrogens with one attached hydrogen (secondary N) is 2. The first-order valence-corrected chi connectivity index (χ1v) is 11.0. The van der Waals surface area contributed by atoms with Crippen LogP contribution in [0.2, 0.25) is 0 Å². The number of pyridine rings is 1. The van der Waals surface area contributed by atoms with Gasteiger partial charge in [-0.05, 0) is 43.2 Å². The molecule has 0 saturated heterocycles. The number of ether oxygens (including phenoxy) is 1. The van der Waals surface area contributed by atoms with Gasteiger partial charge in [0.2, 0.25) is 11.9 Å². The van der Waals surface area contributed by atoms with Crippen LogP contribution in [0.3, 0.4) is 0 Å². The van der Waals surface area contributed by atoms with Crippen LogP contribution in [0.25, 0.3) is 11.0 Å². The van der Waals surface area contributed by atoms with Crippen LogP contribution in [0.5, 0.6) is 11.5 Å². The normalized spacial score (nSPS) is 13.6. The lowest BCUT2D eigenvalue weighted by Crippen LogP contribution is -2.15. The lowest BCUT2D eigenvalue weighted by atomic mass is 10.1. The van der Waals surface area contributed by atoms with Crippen molar-refractivity contribution < 1.29 is 22.7 Å². The number of alkyl halides is 3. The van der Waals surface area contributed by atoms with E-state index in [1.54, 1.807) is 30.5 Å². The lowest BCUT2D eigenvalue weighted by molar-refractivity contribution is -0.117. The summed E-state index contributed by atoms with van der Waals surface area (Å²) in [6, 6.07) is 14.1. The molecule has 0 spiro atoms. The Kier molecular flexibility index (Phi) is 5.80. The van der Waals surface area contributed by atoms with Gasteiger partial charge in [0.25, 0.3) is 0 Å². The molecule has 1 saturated carbocycles. The maximum absolute atomic E-state index is 13.5. The maximum atomic E-state index is 13.5. The molecule has 180 valence electrons. The van der Waals surface area contributed by atoms with Gasteiger partial charge in [-0.15, -0.1) is 0 Å². The van der Waals surface area contributed by atoms with E-state index in [1.807, 2.05) is 17.7 Å². The number of imidazole rings is 1. The zero-order valence-corrected chi connectivity index (χ0v) is 18.8. The number of fused-ring (bicyclic) bond motifs is 1. The van der Waals surface area contributed by atoms with Crippen LogP contribution >= 0.6 is 0 Å². The molecular weight excluding hydrogens is 459 g/mol. The summed E-state index contributed by atoms with van der Waals surface area (Å²) in [7, 11) is 1.82. The predicted octanol–water partition coefficient (Wildman–Crippen LogP) is 5.91. The number of anilines is 3. The zero-order valence-electron chi connectivity index (χ0n) is 18.8. The molecule has 0 aliphatic heterocycles. The van der Waals surface area contributed by atoms with Crippen LogP contribution in [0.15, 0.2) is 60.8 Å². The van der Waals surface area contributed by atoms with Crippen LogP contribution in [0.4, 0.5) is 30.6 Å². The van der Waals surface area contributed by atoms with Gasteiger partial charge < -0.3 is 19.9 Å². The number of carbonyl (C=O) groups is 1. The quantitative estimate of drug-likeness (QED) is 0.327. The van der Waals surface area contributed by atoms with Gasteiger partial charge in [-0.2, -0.15) is 8.78 Å². The Morgan fingerprint density at radius 3 is 2.57 bits per heavy atom. The molecule has 2 N–H and O–H groups in total. The summed E-state index contributed by atoms with van der Waals surface area (Å²) < 4.78 is 47.3. The predicted molar refractivity (Wildman–Crippen MR) is 126 cm³/mol. The number of aryl methyl sites for hydroxylation is 1. The van der Waals surface area contributed by atoms with Crippen molar-refractivity contribution in [3.63, 3.8) is 0 Å². The topological polar surface area (TPSA) is 81.1 Å². The standard InChI is InChI=1S/C25H22F3N5O2/c1-33-21-9-8-18(35-19-10-11-29-22(13-19)32-23(34)15-2-3-15)12-20(21)31-24(33)30-17-6-4-16(5-7-17)25(27,28)14-26/h4-13,15H,2-3,14H2,1H3,(H,30,31)(H,29,32,34). The minimum atomic E-state index is -3.51. The fourth-order valence-electron chi connectivity index (χ4n) is 3.61. The molecule has 10 heteroatoms. The molecule has 0 bridgehead atoms. The number of amides is 1. The second-order valence-electron chi connectivity index (χ2n) is 8.43. The summed E-state index contributed by atoms with van der Waals surface area (Å²) in [5.41, 5.74) is 1.64. The Balaban J connectivity index is 1.32. The number of hydrogen-bond donors (Lipinski definition) is 2. The fourth-order valence-corrected chi connectivity index (χ4v) is 3.61. The first kappa shape index (κ1) is 22.7. The van der Waals surface area contributed by atoms with E-state index in [9.17, 15) is 18.0 Å². The number of carbonyl (C=O) groups excluding carboxylic acids is 1. The SMILES string of the molecule is Cn1c(Nc2ccc(C(F)(F)CF)cc2)nc2cc(Oc3ccnc(NC(=O)C4CC4)c3)ccc21. The van der Waals surface area contributed by atoms with E-state index in [0.717, 1.165) is 18.4 Å². The average molecular weight is 481 g/mol. The third-order valence-corrected chi connectivity index (χ3v) is 5.75. The third kappa shape index (κ3) is 4.91. The second-order valence-corrected chi connectivity index (χ2v) is 8.43. The number of nitrogens with zero attached hydrogens (tertiary/aromatic N) is 3. The summed E-state index contributed by atoms with van der Waals surface area (Å²) >= 11 is 0. The average Bonchev–Trinajstić information content (AvgIpc) is 3.66. The van der Waals surface area contributed by atoms with Crippen molar-refractivity contribution >= 4 is 34.4 Å². The second kappa shape index (κ2) is 8.94. The number of aromatic nitrogens is 3. The van der Waals surface area contributed by atoms with E-state index in [2.05, 4.69) is 20.6 Å². The Morgan fingerprint density at radius 1 is 1.11 bits per heavy atom. The van der Waals surface area contributed by atoms with E-state index in [-0.39, 0.29) is 17.4 Å². The summed E-state index contributed by atoms with van der Waals surface area (Å²) in [6.45, 7) is -1.75. The fraction of sp³-hybridized carbons (Fsp3) is 0.240. The molecule has 2 aromatic carbocycles. The Morgan fingerprint density at radius 2 is 1.86 bits per heavy atom. The van der Waals surface area contributed by atoms with Gasteiger partial charge in [-0.3, -0.25) is 4.79 Å². The molecule has 7 nitrogen and oxygen atoms in total. The molecule has 0 atom stereocenters. The van der Waals surface area contributed by atoms with E-state index in [0.29, 0.717) is 34.5 Å². The number of rotatable bonds is 8. The molecule has 1 amide bonds. The highest BCUT2D eigenvalue weighted by Crippen LogP contribution is 2.32. The van der Waals surface area contributed by atoms with Gasteiger partial charge in [0.15, 0.2) is 6.67 Å². The first-order chi connectivity index (χ1) is 16.8. The molecule has 2 heterocycles. The Hall–Kier alpha value is -4.08. The van der Waals surface area contributed by atoms with Gasteiger partial charge in [0, 0.05) is 42.5 Å². The van der Waals surface area contributed by atoms with Gasteiger partial charge in [-0.1, -0.05) is 12.1 Å². The molecule has 1 aliphatic rings. The molecule has 0 radical (unpaired) electrons. The monoisotopic (exact) mass is 481 g/mol. The molecule has 0 unspecified atom stereocenters. The van der Waals surface area contributed by atoms with Crippen molar-refractivity contribution in [3.05, 3.63) is 66.4 Å². The van der Waals surface area contributed by atoms with Crippen LogP contribution in [-0.4, -0.2) is 27.1 Å². The molecule has 2 aromatic heterocycles. The molecule has 1 aliphatic carbocycles. The van der Waals surface area contributed by atoms with E-state index < -0.39 is 12.6 Å². The number of halogens is 3. The van der Waals surface area contributed by atoms with Gasteiger partial charge in [0.05, 0.1) is 11.0 Å². The van der Waals surface area contributed by atoms with Crippen molar-refractivity contribution in [2.24, 2.45) is 13.0 Å². The van der Waals surface area contributed by atoms with Crippen molar-refractivity contribution in [3.8, 4) is 11.5 Å². The van der Waals surface area contributed by atoms with Gasteiger partial charge >= 0.3 is 5.92 Å². The van der Waals surface area contributed by atoms with Gasteiger partial charge in [0.1, 0.15) is 17.3 Å². The largest absolute Gasteiger partial charge is 0.457 e. The molecule has 1 fully saturated rings. The Labute approximate surface area is 199 Å². The van der Waals surface area contributed by atoms with Crippen LogP contribution in [0.1, 0.15) is 18.4 Å². The molecule has 35 heavy (non-hydrogen) atoms. The van der Waals surface area contributed by atoms with Crippen LogP contribution in [0, 0.1) is 5.92 Å². The lowest BCUT2D eigenvalue weighted by Gasteiger charge is -2.13. The maximum Gasteiger partial charge on any atom is 0.301 e. The zero-order chi connectivity index (χ0) is 24.6.